The molecule has 4 aromatic carbocycles. The minimum Gasteiger partial charge on any atom is -0.310 e. The van der Waals surface area contributed by atoms with Gasteiger partial charge < -0.3 is 4.90 Å². The first-order valence-corrected chi connectivity index (χ1v) is 12.1. The molecular formula is C33H25N3. The molecule has 0 fully saturated rings. The number of nitrogens with zero attached hydrogens (tertiary/aromatic N) is 3. The zero-order chi connectivity index (χ0) is 24.7. The van der Waals surface area contributed by atoms with Crippen molar-refractivity contribution in [1.82, 2.24) is 4.98 Å². The lowest BCUT2D eigenvalue weighted by atomic mass is 9.73. The standard InChI is InChI=1S/C33H25N3/c1-33(2)29-13-3-5-15-31(29)36(32-16-6-4-14-30(32)33)28-12-8-11-25(20-28)23-9-7-10-24(19-23)26-17-18-27(21-34)35-22-26/h3-20,22H,1-2H3. The average molecular weight is 464 g/mol. The van der Waals surface area contributed by atoms with E-state index in [4.69, 9.17) is 5.26 Å². The zero-order valence-electron chi connectivity index (χ0n) is 20.3. The summed E-state index contributed by atoms with van der Waals surface area (Å²) in [6.07, 6.45) is 1.76. The van der Waals surface area contributed by atoms with Crippen molar-refractivity contribution in [2.45, 2.75) is 19.3 Å². The summed E-state index contributed by atoms with van der Waals surface area (Å²) in [5, 5.41) is 9.06. The van der Waals surface area contributed by atoms with Gasteiger partial charge >= 0.3 is 0 Å². The molecule has 0 aliphatic carbocycles. The number of rotatable bonds is 3. The van der Waals surface area contributed by atoms with E-state index in [9.17, 15) is 0 Å². The van der Waals surface area contributed by atoms with Gasteiger partial charge in [0.05, 0.1) is 11.4 Å². The first-order chi connectivity index (χ1) is 17.6. The Morgan fingerprint density at radius 1 is 0.639 bits per heavy atom. The van der Waals surface area contributed by atoms with Gasteiger partial charge in [0.2, 0.25) is 0 Å². The van der Waals surface area contributed by atoms with Crippen molar-refractivity contribution in [3.63, 3.8) is 0 Å². The molecule has 0 N–H and O–H groups in total. The number of pyridine rings is 1. The van der Waals surface area contributed by atoms with E-state index in [0.717, 1.165) is 27.9 Å². The predicted octanol–water partition coefficient (Wildman–Crippen LogP) is 8.40. The van der Waals surface area contributed by atoms with Crippen LogP contribution in [0.2, 0.25) is 0 Å². The van der Waals surface area contributed by atoms with Gasteiger partial charge in [0, 0.05) is 22.9 Å². The van der Waals surface area contributed by atoms with Gasteiger partial charge in [-0.05, 0) is 70.3 Å². The maximum Gasteiger partial charge on any atom is 0.140 e. The molecule has 0 unspecified atom stereocenters. The van der Waals surface area contributed by atoms with Gasteiger partial charge in [-0.1, -0.05) is 80.6 Å². The Kier molecular flexibility index (Phi) is 5.16. The number of hydrogen-bond donors (Lipinski definition) is 0. The van der Waals surface area contributed by atoms with E-state index in [2.05, 4.69) is 127 Å². The SMILES string of the molecule is CC1(C)c2ccccc2N(c2cccc(-c3cccc(-c4ccc(C#N)nc4)c3)c2)c2ccccc21. The third kappa shape index (κ3) is 3.56. The Balaban J connectivity index is 1.46. The molecule has 0 bridgehead atoms. The van der Waals surface area contributed by atoms with Gasteiger partial charge in [-0.25, -0.2) is 4.98 Å². The number of nitriles is 1. The summed E-state index contributed by atoms with van der Waals surface area (Å²) in [4.78, 5) is 6.62. The van der Waals surface area contributed by atoms with Crippen molar-refractivity contribution >= 4 is 17.1 Å². The van der Waals surface area contributed by atoms with Crippen LogP contribution in [0.25, 0.3) is 22.3 Å². The fourth-order valence-electron chi connectivity index (χ4n) is 5.28. The predicted molar refractivity (Wildman–Crippen MR) is 147 cm³/mol. The van der Waals surface area contributed by atoms with Crippen molar-refractivity contribution in [3.05, 3.63) is 132 Å². The van der Waals surface area contributed by atoms with E-state index in [-0.39, 0.29) is 5.41 Å². The third-order valence-corrected chi connectivity index (χ3v) is 7.15. The molecule has 1 aliphatic heterocycles. The quantitative estimate of drug-likeness (QED) is 0.270. The second-order valence-electron chi connectivity index (χ2n) is 9.67. The van der Waals surface area contributed by atoms with E-state index in [1.54, 1.807) is 12.3 Å². The minimum atomic E-state index is -0.0786. The molecule has 0 saturated carbocycles. The highest BCUT2D eigenvalue weighted by Crippen LogP contribution is 2.51. The monoisotopic (exact) mass is 463 g/mol. The first-order valence-electron chi connectivity index (χ1n) is 12.1. The normalized spacial score (nSPS) is 13.4. The van der Waals surface area contributed by atoms with Crippen LogP contribution in [-0.2, 0) is 5.41 Å². The number of benzene rings is 4. The third-order valence-electron chi connectivity index (χ3n) is 7.15. The van der Waals surface area contributed by atoms with Crippen LogP contribution >= 0.6 is 0 Å². The molecule has 3 heteroatoms. The summed E-state index contributed by atoms with van der Waals surface area (Å²) in [6, 6.07) is 40.4. The maximum absolute atomic E-state index is 9.06. The fourth-order valence-corrected chi connectivity index (χ4v) is 5.28. The van der Waals surface area contributed by atoms with Crippen LogP contribution in [0.5, 0.6) is 0 Å². The Labute approximate surface area is 211 Å². The summed E-state index contributed by atoms with van der Waals surface area (Å²) in [7, 11) is 0. The largest absolute Gasteiger partial charge is 0.310 e. The minimum absolute atomic E-state index is 0.0786. The van der Waals surface area contributed by atoms with Gasteiger partial charge in [0.15, 0.2) is 0 Å². The van der Waals surface area contributed by atoms with Crippen LogP contribution < -0.4 is 4.90 Å². The molecule has 5 aromatic rings. The van der Waals surface area contributed by atoms with Crippen molar-refractivity contribution in [3.8, 4) is 28.3 Å². The summed E-state index contributed by atoms with van der Waals surface area (Å²) in [5.74, 6) is 0. The lowest BCUT2D eigenvalue weighted by molar-refractivity contribution is 0.632. The van der Waals surface area contributed by atoms with Gasteiger partial charge in [-0.3, -0.25) is 0 Å². The van der Waals surface area contributed by atoms with Crippen LogP contribution in [0.4, 0.5) is 17.1 Å². The summed E-state index contributed by atoms with van der Waals surface area (Å²) < 4.78 is 0. The Hall–Kier alpha value is -4.68. The van der Waals surface area contributed by atoms with Gasteiger partial charge in [-0.15, -0.1) is 0 Å². The summed E-state index contributed by atoms with van der Waals surface area (Å²) in [6.45, 7) is 4.61. The molecule has 6 rings (SSSR count). The molecule has 1 aromatic heterocycles. The van der Waals surface area contributed by atoms with E-state index in [0.29, 0.717) is 5.69 Å². The molecule has 0 spiro atoms. The average Bonchev–Trinajstić information content (AvgIpc) is 2.94. The lowest BCUT2D eigenvalue weighted by Gasteiger charge is -2.42. The van der Waals surface area contributed by atoms with Crippen LogP contribution in [0.3, 0.4) is 0 Å². The second-order valence-corrected chi connectivity index (χ2v) is 9.67. The topological polar surface area (TPSA) is 39.9 Å². The maximum atomic E-state index is 9.06. The van der Waals surface area contributed by atoms with E-state index < -0.39 is 0 Å². The van der Waals surface area contributed by atoms with Crippen molar-refractivity contribution in [1.29, 1.82) is 5.26 Å². The Bertz CT molecular complexity index is 1570. The van der Waals surface area contributed by atoms with Crippen LogP contribution in [0.15, 0.2) is 115 Å². The zero-order valence-corrected chi connectivity index (χ0v) is 20.3. The fraction of sp³-hybridized carbons (Fsp3) is 0.0909. The molecule has 36 heavy (non-hydrogen) atoms. The van der Waals surface area contributed by atoms with Crippen LogP contribution in [0, 0.1) is 11.3 Å². The summed E-state index contributed by atoms with van der Waals surface area (Å²) >= 11 is 0. The molecule has 0 amide bonds. The Morgan fingerprint density at radius 3 is 1.83 bits per heavy atom. The van der Waals surface area contributed by atoms with Gasteiger partial charge in [0.1, 0.15) is 11.8 Å². The molecule has 3 nitrogen and oxygen atoms in total. The van der Waals surface area contributed by atoms with Crippen LogP contribution in [-0.4, -0.2) is 4.98 Å². The van der Waals surface area contributed by atoms with Gasteiger partial charge in [-0.2, -0.15) is 5.26 Å². The first kappa shape index (κ1) is 21.8. The number of hydrogen-bond acceptors (Lipinski definition) is 3. The number of para-hydroxylation sites is 2. The molecule has 0 saturated heterocycles. The molecule has 2 heterocycles. The summed E-state index contributed by atoms with van der Waals surface area (Å²) in [5.41, 5.74) is 10.9. The second kappa shape index (κ2) is 8.52. The molecule has 172 valence electrons. The lowest BCUT2D eigenvalue weighted by Crippen LogP contribution is -2.30. The van der Waals surface area contributed by atoms with Crippen molar-refractivity contribution in [2.24, 2.45) is 0 Å². The molecule has 1 aliphatic rings. The Morgan fingerprint density at radius 2 is 1.22 bits per heavy atom. The van der Waals surface area contributed by atoms with Gasteiger partial charge in [0.25, 0.3) is 0 Å². The molecular weight excluding hydrogens is 438 g/mol. The number of aromatic nitrogens is 1. The highest BCUT2D eigenvalue weighted by molar-refractivity contribution is 5.87. The highest BCUT2D eigenvalue weighted by Gasteiger charge is 2.36. The highest BCUT2D eigenvalue weighted by atomic mass is 15.2. The molecule has 0 atom stereocenters. The van der Waals surface area contributed by atoms with E-state index in [1.165, 1.54) is 22.5 Å². The number of fused-ring (bicyclic) bond motifs is 2. The molecule has 0 radical (unpaired) electrons. The smallest absolute Gasteiger partial charge is 0.140 e. The number of anilines is 3. The van der Waals surface area contributed by atoms with E-state index in [1.807, 2.05) is 6.07 Å². The van der Waals surface area contributed by atoms with Crippen LogP contribution in [0.1, 0.15) is 30.7 Å². The van der Waals surface area contributed by atoms with E-state index >= 15 is 0 Å². The van der Waals surface area contributed by atoms with Crippen molar-refractivity contribution in [2.75, 3.05) is 4.90 Å². The van der Waals surface area contributed by atoms with Crippen molar-refractivity contribution < 1.29 is 0 Å².